The van der Waals surface area contributed by atoms with Crippen LogP contribution in [0, 0.1) is 0 Å². The Bertz CT molecular complexity index is 841. The fourth-order valence-electron chi connectivity index (χ4n) is 4.76. The van der Waals surface area contributed by atoms with Gasteiger partial charge in [-0.3, -0.25) is 4.90 Å². The average molecular weight is 577 g/mol. The van der Waals surface area contributed by atoms with Crippen LogP contribution in [0.2, 0.25) is 0 Å². The molecule has 186 valence electrons. The molecule has 2 saturated heterocycles. The van der Waals surface area contributed by atoms with Crippen molar-refractivity contribution in [3.63, 3.8) is 0 Å². The highest BCUT2D eigenvalue weighted by atomic mass is 127. The van der Waals surface area contributed by atoms with Crippen molar-refractivity contribution >= 4 is 35.8 Å². The number of hydrogen-bond donors (Lipinski definition) is 2. The van der Waals surface area contributed by atoms with E-state index in [1.807, 2.05) is 6.20 Å². The fraction of sp³-hybridized carbons (Fsp3) is 0.556. The van der Waals surface area contributed by atoms with Crippen LogP contribution in [0.4, 0.5) is 5.82 Å². The highest BCUT2D eigenvalue weighted by Crippen LogP contribution is 2.18. The van der Waals surface area contributed by atoms with E-state index in [0.29, 0.717) is 12.6 Å². The second-order valence-corrected chi connectivity index (χ2v) is 9.30. The Kier molecular flexibility index (Phi) is 11.4. The van der Waals surface area contributed by atoms with E-state index in [1.54, 1.807) is 0 Å². The van der Waals surface area contributed by atoms with Crippen molar-refractivity contribution < 1.29 is 0 Å². The van der Waals surface area contributed by atoms with E-state index in [-0.39, 0.29) is 24.0 Å². The van der Waals surface area contributed by atoms with Crippen LogP contribution in [-0.4, -0.2) is 54.6 Å². The van der Waals surface area contributed by atoms with Gasteiger partial charge in [0.15, 0.2) is 5.96 Å². The van der Waals surface area contributed by atoms with Gasteiger partial charge < -0.3 is 15.5 Å². The summed E-state index contributed by atoms with van der Waals surface area (Å²) in [6.07, 6.45) is 9.51. The van der Waals surface area contributed by atoms with E-state index in [2.05, 4.69) is 69.8 Å². The molecule has 0 atom stereocenters. The Labute approximate surface area is 222 Å². The first-order valence-electron chi connectivity index (χ1n) is 12.8. The smallest absolute Gasteiger partial charge is 0.191 e. The molecule has 2 aromatic rings. The number of guanidine groups is 1. The minimum absolute atomic E-state index is 0. The van der Waals surface area contributed by atoms with Crippen LogP contribution in [0.5, 0.6) is 0 Å². The summed E-state index contributed by atoms with van der Waals surface area (Å²) in [4.78, 5) is 14.6. The molecule has 34 heavy (non-hydrogen) atoms. The predicted octanol–water partition coefficient (Wildman–Crippen LogP) is 4.80. The molecule has 0 radical (unpaired) electrons. The molecular formula is C27H41IN6. The zero-order valence-corrected chi connectivity index (χ0v) is 22.9. The Morgan fingerprint density at radius 2 is 1.68 bits per heavy atom. The average Bonchev–Trinajstić information content (AvgIpc) is 3.15. The second-order valence-electron chi connectivity index (χ2n) is 9.30. The van der Waals surface area contributed by atoms with Gasteiger partial charge in [0.25, 0.3) is 0 Å². The number of anilines is 1. The van der Waals surface area contributed by atoms with Crippen molar-refractivity contribution in [3.8, 4) is 0 Å². The molecule has 1 aromatic heterocycles. The molecule has 2 aliphatic heterocycles. The summed E-state index contributed by atoms with van der Waals surface area (Å²) in [5, 5.41) is 7.08. The van der Waals surface area contributed by atoms with Gasteiger partial charge in [-0.05, 0) is 49.8 Å². The lowest BCUT2D eigenvalue weighted by Gasteiger charge is -2.33. The number of halogens is 1. The molecule has 0 unspecified atom stereocenters. The number of aliphatic imine (C=N–C) groups is 1. The number of hydrogen-bond acceptors (Lipinski definition) is 4. The SMILES string of the molecule is CCNC(=NCc1ccc(N2CCCCCC2)nc1)NC1CCN(Cc2ccccc2)CC1.I. The molecule has 1 aromatic carbocycles. The number of aromatic nitrogens is 1. The number of piperidine rings is 1. The minimum atomic E-state index is 0. The summed E-state index contributed by atoms with van der Waals surface area (Å²) < 4.78 is 0. The summed E-state index contributed by atoms with van der Waals surface area (Å²) in [6, 6.07) is 15.6. The zero-order chi connectivity index (χ0) is 22.7. The van der Waals surface area contributed by atoms with Crippen molar-refractivity contribution in [1.82, 2.24) is 20.5 Å². The number of likely N-dealkylation sites (tertiary alicyclic amines) is 1. The van der Waals surface area contributed by atoms with E-state index in [0.717, 1.165) is 69.5 Å². The summed E-state index contributed by atoms with van der Waals surface area (Å²) in [7, 11) is 0. The molecule has 2 fully saturated rings. The standard InChI is InChI=1S/C27H40N6.HI/c1-2-28-27(31-25-14-18-32(19-15-25)22-23-10-6-5-7-11-23)30-21-24-12-13-26(29-20-24)33-16-8-3-4-9-17-33;/h5-7,10-13,20,25H,2-4,8-9,14-19,21-22H2,1H3,(H2,28,30,31);1H. The maximum absolute atomic E-state index is 4.85. The van der Waals surface area contributed by atoms with Gasteiger partial charge in [-0.25, -0.2) is 9.98 Å². The predicted molar refractivity (Wildman–Crippen MR) is 153 cm³/mol. The van der Waals surface area contributed by atoms with Gasteiger partial charge in [0, 0.05) is 51.5 Å². The van der Waals surface area contributed by atoms with Gasteiger partial charge in [0.1, 0.15) is 5.82 Å². The monoisotopic (exact) mass is 576 g/mol. The first-order valence-corrected chi connectivity index (χ1v) is 12.8. The Balaban J connectivity index is 0.00000324. The summed E-state index contributed by atoms with van der Waals surface area (Å²) in [5.41, 5.74) is 2.55. The third-order valence-electron chi connectivity index (χ3n) is 6.68. The van der Waals surface area contributed by atoms with Crippen LogP contribution >= 0.6 is 24.0 Å². The van der Waals surface area contributed by atoms with Crippen LogP contribution in [0.3, 0.4) is 0 Å². The van der Waals surface area contributed by atoms with E-state index in [9.17, 15) is 0 Å². The van der Waals surface area contributed by atoms with Crippen molar-refractivity contribution in [3.05, 3.63) is 59.8 Å². The van der Waals surface area contributed by atoms with Crippen LogP contribution in [-0.2, 0) is 13.1 Å². The molecule has 0 aliphatic carbocycles. The van der Waals surface area contributed by atoms with E-state index < -0.39 is 0 Å². The fourth-order valence-corrected chi connectivity index (χ4v) is 4.76. The highest BCUT2D eigenvalue weighted by molar-refractivity contribution is 14.0. The van der Waals surface area contributed by atoms with Gasteiger partial charge in [0.05, 0.1) is 6.54 Å². The van der Waals surface area contributed by atoms with Crippen molar-refractivity contribution in [2.45, 2.75) is 64.6 Å². The summed E-state index contributed by atoms with van der Waals surface area (Å²) in [5.74, 6) is 2.02. The maximum atomic E-state index is 4.85. The number of nitrogens with one attached hydrogen (secondary N) is 2. The molecule has 2 N–H and O–H groups in total. The quantitative estimate of drug-likeness (QED) is 0.282. The summed E-state index contributed by atoms with van der Waals surface area (Å²) in [6.45, 7) is 9.17. The summed E-state index contributed by atoms with van der Waals surface area (Å²) >= 11 is 0. The number of nitrogens with zero attached hydrogens (tertiary/aromatic N) is 4. The largest absolute Gasteiger partial charge is 0.357 e. The van der Waals surface area contributed by atoms with Gasteiger partial charge in [-0.15, -0.1) is 24.0 Å². The normalized spacial score (nSPS) is 18.1. The molecule has 6 nitrogen and oxygen atoms in total. The molecule has 3 heterocycles. The van der Waals surface area contributed by atoms with E-state index in [4.69, 9.17) is 9.98 Å². The van der Waals surface area contributed by atoms with Crippen molar-refractivity contribution in [2.24, 2.45) is 4.99 Å². The molecule has 0 amide bonds. The van der Waals surface area contributed by atoms with Crippen LogP contribution in [0.25, 0.3) is 0 Å². The van der Waals surface area contributed by atoms with Gasteiger partial charge >= 0.3 is 0 Å². The Morgan fingerprint density at radius 3 is 2.32 bits per heavy atom. The third-order valence-corrected chi connectivity index (χ3v) is 6.68. The second kappa shape index (κ2) is 14.5. The minimum Gasteiger partial charge on any atom is -0.357 e. The molecule has 0 spiro atoms. The van der Waals surface area contributed by atoms with Gasteiger partial charge in [-0.1, -0.05) is 49.2 Å². The molecule has 0 bridgehead atoms. The zero-order valence-electron chi connectivity index (χ0n) is 20.6. The van der Waals surface area contributed by atoms with E-state index in [1.165, 1.54) is 31.2 Å². The van der Waals surface area contributed by atoms with Crippen molar-refractivity contribution in [2.75, 3.05) is 37.6 Å². The molecule has 0 saturated carbocycles. The number of rotatable bonds is 7. The van der Waals surface area contributed by atoms with Gasteiger partial charge in [0.2, 0.25) is 0 Å². The van der Waals surface area contributed by atoms with E-state index >= 15 is 0 Å². The number of benzene rings is 1. The topological polar surface area (TPSA) is 55.8 Å². The molecule has 7 heteroatoms. The Morgan fingerprint density at radius 1 is 0.941 bits per heavy atom. The molecule has 2 aliphatic rings. The molecular weight excluding hydrogens is 535 g/mol. The van der Waals surface area contributed by atoms with Gasteiger partial charge in [-0.2, -0.15) is 0 Å². The first-order chi connectivity index (χ1) is 16.3. The third kappa shape index (κ3) is 8.41. The van der Waals surface area contributed by atoms with Crippen LogP contribution < -0.4 is 15.5 Å². The van der Waals surface area contributed by atoms with Crippen LogP contribution in [0.1, 0.15) is 56.6 Å². The lowest BCUT2D eigenvalue weighted by molar-refractivity contribution is 0.198. The molecule has 4 rings (SSSR count). The first kappa shape index (κ1) is 26.7. The lowest BCUT2D eigenvalue weighted by atomic mass is 10.0. The highest BCUT2D eigenvalue weighted by Gasteiger charge is 2.20. The maximum Gasteiger partial charge on any atom is 0.191 e. The van der Waals surface area contributed by atoms with Crippen LogP contribution in [0.15, 0.2) is 53.7 Å². The van der Waals surface area contributed by atoms with Crippen molar-refractivity contribution in [1.29, 1.82) is 0 Å². The Hall–Kier alpha value is -1.87. The number of pyridine rings is 1. The lowest BCUT2D eigenvalue weighted by Crippen LogP contribution is -2.48.